The van der Waals surface area contributed by atoms with E-state index in [9.17, 15) is 4.79 Å². The van der Waals surface area contributed by atoms with E-state index in [1.54, 1.807) is 6.92 Å². The lowest BCUT2D eigenvalue weighted by Gasteiger charge is -2.39. The Hall–Kier alpha value is -0.573. The Bertz CT molecular complexity index is 705. The SMILES string of the molecule is CC(=O)CCCC=CC[C@@H]1[C@@H](CO[Si](C)(C)C(C)(C)C)[C@H](OC2CCCCO2)C[C@@H]1OC1CCCCO1. The maximum Gasteiger partial charge on any atom is 0.191 e. The average Bonchev–Trinajstić information content (AvgIpc) is 3.15. The first-order chi connectivity index (χ1) is 17.6. The molecule has 6 nitrogen and oxygen atoms in total. The third kappa shape index (κ3) is 9.84. The van der Waals surface area contributed by atoms with Crippen molar-refractivity contribution in [3.05, 3.63) is 12.2 Å². The van der Waals surface area contributed by atoms with Crippen molar-refractivity contribution in [3.63, 3.8) is 0 Å². The topological polar surface area (TPSA) is 63.2 Å². The third-order valence-corrected chi connectivity index (χ3v) is 13.3. The van der Waals surface area contributed by atoms with Crippen LogP contribution < -0.4 is 0 Å². The predicted molar refractivity (Wildman–Crippen MR) is 150 cm³/mol. The fourth-order valence-electron chi connectivity index (χ4n) is 5.39. The third-order valence-electron chi connectivity index (χ3n) is 8.82. The first-order valence-electron chi connectivity index (χ1n) is 14.9. The van der Waals surface area contributed by atoms with Crippen molar-refractivity contribution in [1.82, 2.24) is 0 Å². The minimum absolute atomic E-state index is 0.0533. The van der Waals surface area contributed by atoms with Gasteiger partial charge in [0.15, 0.2) is 20.9 Å². The van der Waals surface area contributed by atoms with Gasteiger partial charge < -0.3 is 28.2 Å². The lowest BCUT2D eigenvalue weighted by molar-refractivity contribution is -0.204. The Labute approximate surface area is 227 Å². The van der Waals surface area contributed by atoms with Gasteiger partial charge in [0.2, 0.25) is 0 Å². The molecule has 3 fully saturated rings. The highest BCUT2D eigenvalue weighted by Crippen LogP contribution is 2.43. The second kappa shape index (κ2) is 14.7. The summed E-state index contributed by atoms with van der Waals surface area (Å²) in [6.07, 6.45) is 15.2. The summed E-state index contributed by atoms with van der Waals surface area (Å²) < 4.78 is 32.1. The summed E-state index contributed by atoms with van der Waals surface area (Å²) in [5.41, 5.74) is 0. The van der Waals surface area contributed by atoms with E-state index in [1.165, 1.54) is 0 Å². The molecule has 2 heterocycles. The molecule has 37 heavy (non-hydrogen) atoms. The number of carbonyl (C=O) groups excluding carboxylic acids is 1. The standard InChI is InChI=1S/C30H54O6Si/c1-23(31)15-9-7-8-10-16-24-25(22-34-37(5,6)30(2,3)4)27(36-29-18-12-14-20-33-29)21-26(24)35-28-17-11-13-19-32-28/h8,10,24-29H,7,9,11-22H2,1-6H3/t24-,25-,26+,27-,28?,29?/m1/s1. The minimum Gasteiger partial charge on any atom is -0.416 e. The van der Waals surface area contributed by atoms with Gasteiger partial charge in [-0.15, -0.1) is 0 Å². The van der Waals surface area contributed by atoms with Crippen LogP contribution in [0.1, 0.15) is 98.3 Å². The quantitative estimate of drug-likeness (QED) is 0.141. The van der Waals surface area contributed by atoms with E-state index in [2.05, 4.69) is 46.0 Å². The van der Waals surface area contributed by atoms with Gasteiger partial charge in [0.25, 0.3) is 0 Å². The highest BCUT2D eigenvalue weighted by molar-refractivity contribution is 6.74. The van der Waals surface area contributed by atoms with E-state index < -0.39 is 8.32 Å². The minimum atomic E-state index is -1.91. The van der Waals surface area contributed by atoms with E-state index in [1.807, 2.05) is 0 Å². The fourth-order valence-corrected chi connectivity index (χ4v) is 6.43. The largest absolute Gasteiger partial charge is 0.416 e. The molecule has 2 saturated heterocycles. The Balaban J connectivity index is 1.74. The molecule has 3 rings (SSSR count). The van der Waals surface area contributed by atoms with Crippen LogP contribution in [-0.2, 0) is 28.2 Å². The molecular formula is C30H54O6Si. The summed E-state index contributed by atoms with van der Waals surface area (Å²) in [4.78, 5) is 11.3. The maximum atomic E-state index is 11.3. The van der Waals surface area contributed by atoms with Crippen LogP contribution in [0.4, 0.5) is 0 Å². The maximum absolute atomic E-state index is 11.3. The number of ether oxygens (including phenoxy) is 4. The highest BCUT2D eigenvalue weighted by Gasteiger charge is 2.48. The first kappa shape index (κ1) is 31.0. The number of unbranched alkanes of at least 4 members (excludes halogenated alkanes) is 1. The number of hydrogen-bond acceptors (Lipinski definition) is 6. The lowest BCUT2D eigenvalue weighted by Crippen LogP contribution is -2.44. The van der Waals surface area contributed by atoms with E-state index in [0.717, 1.165) is 77.4 Å². The van der Waals surface area contributed by atoms with Crippen LogP contribution in [0.2, 0.25) is 18.1 Å². The number of hydrogen-bond donors (Lipinski definition) is 0. The van der Waals surface area contributed by atoms with Gasteiger partial charge in [-0.2, -0.15) is 0 Å². The van der Waals surface area contributed by atoms with Crippen molar-refractivity contribution >= 4 is 14.1 Å². The molecule has 0 amide bonds. The van der Waals surface area contributed by atoms with Gasteiger partial charge in [0.1, 0.15) is 5.78 Å². The Morgan fingerprint density at radius 1 is 0.919 bits per heavy atom. The zero-order valence-electron chi connectivity index (χ0n) is 24.5. The second-order valence-electron chi connectivity index (χ2n) is 12.9. The average molecular weight is 539 g/mol. The summed E-state index contributed by atoms with van der Waals surface area (Å²) in [5, 5.41) is 0.159. The van der Waals surface area contributed by atoms with Crippen LogP contribution >= 0.6 is 0 Å². The van der Waals surface area contributed by atoms with Crippen molar-refractivity contribution in [3.8, 4) is 0 Å². The molecule has 0 aromatic rings. The molecule has 214 valence electrons. The molecule has 3 aliphatic rings. The van der Waals surface area contributed by atoms with Gasteiger partial charge in [0.05, 0.1) is 12.2 Å². The van der Waals surface area contributed by atoms with Crippen molar-refractivity contribution in [2.24, 2.45) is 11.8 Å². The van der Waals surface area contributed by atoms with Crippen LogP contribution in [0.25, 0.3) is 0 Å². The van der Waals surface area contributed by atoms with E-state index in [0.29, 0.717) is 18.9 Å². The Kier molecular flexibility index (Phi) is 12.3. The molecule has 6 atom stereocenters. The molecule has 2 aliphatic heterocycles. The molecule has 0 radical (unpaired) electrons. The van der Waals surface area contributed by atoms with Gasteiger partial charge in [0, 0.05) is 38.6 Å². The van der Waals surface area contributed by atoms with Gasteiger partial charge in [-0.25, -0.2) is 0 Å². The molecule has 1 saturated carbocycles. The summed E-state index contributed by atoms with van der Waals surface area (Å²) in [6.45, 7) is 15.5. The van der Waals surface area contributed by atoms with Gasteiger partial charge in [-0.1, -0.05) is 32.9 Å². The van der Waals surface area contributed by atoms with Crippen LogP contribution in [-0.4, -0.2) is 58.7 Å². The number of ketones is 1. The fraction of sp³-hybridized carbons (Fsp3) is 0.900. The number of Topliss-reactive ketones (excluding diaryl/α,β-unsaturated/α-hetero) is 1. The Morgan fingerprint density at radius 3 is 2.03 bits per heavy atom. The number of carbonyl (C=O) groups is 1. The molecule has 2 unspecified atom stereocenters. The summed E-state index contributed by atoms with van der Waals surface area (Å²) >= 11 is 0. The van der Waals surface area contributed by atoms with Gasteiger partial charge in [-0.3, -0.25) is 0 Å². The molecule has 0 aromatic carbocycles. The van der Waals surface area contributed by atoms with Gasteiger partial charge >= 0.3 is 0 Å². The molecule has 1 aliphatic carbocycles. The summed E-state index contributed by atoms with van der Waals surface area (Å²) in [7, 11) is -1.91. The highest BCUT2D eigenvalue weighted by atomic mass is 28.4. The molecule has 0 N–H and O–H groups in total. The smallest absolute Gasteiger partial charge is 0.191 e. The lowest BCUT2D eigenvalue weighted by atomic mass is 9.90. The molecule has 0 spiro atoms. The summed E-state index contributed by atoms with van der Waals surface area (Å²) in [5.74, 6) is 0.806. The number of allylic oxidation sites excluding steroid dienone is 2. The first-order valence-corrected chi connectivity index (χ1v) is 17.8. The van der Waals surface area contributed by atoms with Crippen molar-refractivity contribution in [1.29, 1.82) is 0 Å². The summed E-state index contributed by atoms with van der Waals surface area (Å²) in [6, 6.07) is 0. The van der Waals surface area contributed by atoms with Crippen molar-refractivity contribution in [2.75, 3.05) is 19.8 Å². The van der Waals surface area contributed by atoms with E-state index in [4.69, 9.17) is 23.4 Å². The van der Waals surface area contributed by atoms with E-state index >= 15 is 0 Å². The number of rotatable bonds is 13. The zero-order chi connectivity index (χ0) is 26.9. The molecular weight excluding hydrogens is 484 g/mol. The molecule has 0 aromatic heterocycles. The molecule has 0 bridgehead atoms. The normalized spacial score (nSPS) is 31.7. The van der Waals surface area contributed by atoms with Crippen LogP contribution in [0.3, 0.4) is 0 Å². The van der Waals surface area contributed by atoms with E-state index in [-0.39, 0.29) is 41.5 Å². The Morgan fingerprint density at radius 2 is 1.51 bits per heavy atom. The van der Waals surface area contributed by atoms with Crippen LogP contribution in [0.5, 0.6) is 0 Å². The van der Waals surface area contributed by atoms with Crippen molar-refractivity contribution < 1.29 is 28.2 Å². The van der Waals surface area contributed by atoms with Crippen LogP contribution in [0.15, 0.2) is 12.2 Å². The zero-order valence-corrected chi connectivity index (χ0v) is 25.5. The monoisotopic (exact) mass is 538 g/mol. The molecule has 7 heteroatoms. The van der Waals surface area contributed by atoms with Gasteiger partial charge in [-0.05, 0) is 88.8 Å². The predicted octanol–water partition coefficient (Wildman–Crippen LogP) is 7.17. The van der Waals surface area contributed by atoms with Crippen molar-refractivity contribution in [2.45, 2.75) is 141 Å². The van der Waals surface area contributed by atoms with Crippen LogP contribution in [0, 0.1) is 11.8 Å². The second-order valence-corrected chi connectivity index (χ2v) is 17.7.